The molecule has 112 valence electrons. The van der Waals surface area contributed by atoms with Gasteiger partial charge >= 0.3 is 5.97 Å². The molecule has 0 aromatic carbocycles. The van der Waals surface area contributed by atoms with Gasteiger partial charge in [-0.05, 0) is 19.8 Å². The number of aromatic nitrogens is 1. The monoisotopic (exact) mass is 296 g/mol. The van der Waals surface area contributed by atoms with Crippen molar-refractivity contribution in [2.24, 2.45) is 0 Å². The van der Waals surface area contributed by atoms with Crippen LogP contribution in [0.2, 0.25) is 0 Å². The third-order valence-electron chi connectivity index (χ3n) is 3.36. The van der Waals surface area contributed by atoms with Crippen LogP contribution in [-0.2, 0) is 21.5 Å². The number of carbonyl (C=O) groups excluding carboxylic acids is 1. The minimum Gasteiger partial charge on any atom is -0.465 e. The standard InChI is InChI=1S/C15H24N2O2S/c1-5-19-14(18)9-17(11-6-7-11)8-13-16-12(10-20-13)15(2,3)4/h10-11H,5-9H2,1-4H3. The highest BCUT2D eigenvalue weighted by Crippen LogP contribution is 2.30. The van der Waals surface area contributed by atoms with E-state index in [4.69, 9.17) is 9.72 Å². The Bertz CT molecular complexity index is 461. The second-order valence-electron chi connectivity index (χ2n) is 6.32. The summed E-state index contributed by atoms with van der Waals surface area (Å²) in [6, 6.07) is 0.529. The van der Waals surface area contributed by atoms with Crippen LogP contribution in [0.15, 0.2) is 5.38 Å². The minimum atomic E-state index is -0.132. The molecule has 1 fully saturated rings. The lowest BCUT2D eigenvalue weighted by atomic mass is 9.93. The van der Waals surface area contributed by atoms with Gasteiger partial charge in [0.2, 0.25) is 0 Å². The van der Waals surface area contributed by atoms with Gasteiger partial charge in [0.15, 0.2) is 0 Å². The van der Waals surface area contributed by atoms with Gasteiger partial charge in [-0.1, -0.05) is 20.8 Å². The largest absolute Gasteiger partial charge is 0.465 e. The van der Waals surface area contributed by atoms with Crippen LogP contribution in [0.5, 0.6) is 0 Å². The van der Waals surface area contributed by atoms with Crippen LogP contribution in [0.4, 0.5) is 0 Å². The summed E-state index contributed by atoms with van der Waals surface area (Å²) in [4.78, 5) is 18.6. The van der Waals surface area contributed by atoms with E-state index in [2.05, 4.69) is 31.1 Å². The molecule has 0 atom stereocenters. The third-order valence-corrected chi connectivity index (χ3v) is 4.19. The van der Waals surface area contributed by atoms with Gasteiger partial charge < -0.3 is 4.74 Å². The Labute approximate surface area is 125 Å². The van der Waals surface area contributed by atoms with Crippen LogP contribution in [0.1, 0.15) is 51.2 Å². The number of rotatable bonds is 6. The summed E-state index contributed by atoms with van der Waals surface area (Å²) in [5, 5.41) is 3.22. The summed E-state index contributed by atoms with van der Waals surface area (Å²) in [6.07, 6.45) is 2.35. The van der Waals surface area contributed by atoms with Crippen LogP contribution >= 0.6 is 11.3 Å². The zero-order valence-corrected chi connectivity index (χ0v) is 13.6. The van der Waals surface area contributed by atoms with E-state index in [0.717, 1.165) is 17.2 Å². The van der Waals surface area contributed by atoms with Crippen LogP contribution in [0, 0.1) is 0 Å². The summed E-state index contributed by atoms with van der Waals surface area (Å²) in [5.74, 6) is -0.132. The van der Waals surface area contributed by atoms with Gasteiger partial charge in [-0.2, -0.15) is 0 Å². The fraction of sp³-hybridized carbons (Fsp3) is 0.733. The summed E-state index contributed by atoms with van der Waals surface area (Å²) in [5.41, 5.74) is 1.21. The zero-order valence-electron chi connectivity index (χ0n) is 12.8. The second-order valence-corrected chi connectivity index (χ2v) is 7.26. The number of hydrogen-bond donors (Lipinski definition) is 0. The van der Waals surface area contributed by atoms with Gasteiger partial charge in [0.05, 0.1) is 25.4 Å². The summed E-state index contributed by atoms with van der Waals surface area (Å²) >= 11 is 1.69. The zero-order chi connectivity index (χ0) is 14.8. The van der Waals surface area contributed by atoms with Gasteiger partial charge in [0, 0.05) is 16.8 Å². The van der Waals surface area contributed by atoms with Crippen molar-refractivity contribution in [3.05, 3.63) is 16.1 Å². The number of thiazole rings is 1. The molecule has 1 heterocycles. The molecule has 0 radical (unpaired) electrons. The average molecular weight is 296 g/mol. The fourth-order valence-electron chi connectivity index (χ4n) is 2.03. The summed E-state index contributed by atoms with van der Waals surface area (Å²) < 4.78 is 5.05. The van der Waals surface area contributed by atoms with E-state index >= 15 is 0 Å². The maximum Gasteiger partial charge on any atom is 0.320 e. The van der Waals surface area contributed by atoms with Crippen LogP contribution in [-0.4, -0.2) is 35.0 Å². The van der Waals surface area contributed by atoms with Crippen molar-refractivity contribution in [1.29, 1.82) is 0 Å². The molecule has 0 spiro atoms. The Kier molecular flexibility index (Phi) is 4.81. The molecule has 4 nitrogen and oxygen atoms in total. The molecule has 0 unspecified atom stereocenters. The minimum absolute atomic E-state index is 0.0836. The number of carbonyl (C=O) groups is 1. The number of ether oxygens (including phenoxy) is 1. The molecular weight excluding hydrogens is 272 g/mol. The molecule has 1 aromatic rings. The Morgan fingerprint density at radius 1 is 1.50 bits per heavy atom. The predicted octanol–water partition coefficient (Wildman–Crippen LogP) is 2.97. The second kappa shape index (κ2) is 6.22. The first-order valence-corrected chi connectivity index (χ1v) is 8.12. The van der Waals surface area contributed by atoms with Gasteiger partial charge in [-0.25, -0.2) is 4.98 Å². The molecule has 1 aliphatic rings. The van der Waals surface area contributed by atoms with E-state index in [1.807, 2.05) is 6.92 Å². The van der Waals surface area contributed by atoms with E-state index in [0.29, 0.717) is 19.2 Å². The summed E-state index contributed by atoms with van der Waals surface area (Å²) in [7, 11) is 0. The molecule has 1 aromatic heterocycles. The van der Waals surface area contributed by atoms with Crippen LogP contribution in [0.3, 0.4) is 0 Å². The van der Waals surface area contributed by atoms with Gasteiger partial charge in [0.1, 0.15) is 5.01 Å². The lowest BCUT2D eigenvalue weighted by Gasteiger charge is -2.19. The SMILES string of the molecule is CCOC(=O)CN(Cc1nc(C(C)(C)C)cs1)C1CC1. The number of hydrogen-bond acceptors (Lipinski definition) is 5. The highest BCUT2D eigenvalue weighted by Gasteiger charge is 2.31. The van der Waals surface area contributed by atoms with Gasteiger partial charge in [-0.15, -0.1) is 11.3 Å². The first kappa shape index (κ1) is 15.4. The van der Waals surface area contributed by atoms with Crippen molar-refractivity contribution in [1.82, 2.24) is 9.88 Å². The van der Waals surface area contributed by atoms with Crippen molar-refractivity contribution < 1.29 is 9.53 Å². The third kappa shape index (κ3) is 4.28. The van der Waals surface area contributed by atoms with E-state index in [-0.39, 0.29) is 11.4 Å². The number of esters is 1. The molecule has 0 amide bonds. The van der Waals surface area contributed by atoms with Crippen molar-refractivity contribution in [2.75, 3.05) is 13.2 Å². The average Bonchev–Trinajstić information content (AvgIpc) is 3.07. The Balaban J connectivity index is 1.98. The molecule has 20 heavy (non-hydrogen) atoms. The topological polar surface area (TPSA) is 42.4 Å². The molecule has 1 aliphatic carbocycles. The number of nitrogens with zero attached hydrogens (tertiary/aromatic N) is 2. The lowest BCUT2D eigenvalue weighted by molar-refractivity contribution is -0.144. The van der Waals surface area contributed by atoms with Crippen molar-refractivity contribution >= 4 is 17.3 Å². The molecule has 0 N–H and O–H groups in total. The van der Waals surface area contributed by atoms with Crippen molar-refractivity contribution in [3.8, 4) is 0 Å². The smallest absolute Gasteiger partial charge is 0.320 e. The highest BCUT2D eigenvalue weighted by molar-refractivity contribution is 7.09. The van der Waals surface area contributed by atoms with E-state index in [9.17, 15) is 4.79 Å². The first-order valence-electron chi connectivity index (χ1n) is 7.24. The van der Waals surface area contributed by atoms with Crippen LogP contribution in [0.25, 0.3) is 0 Å². The fourth-order valence-corrected chi connectivity index (χ4v) is 3.07. The van der Waals surface area contributed by atoms with Crippen LogP contribution < -0.4 is 0 Å². The molecule has 0 aliphatic heterocycles. The van der Waals surface area contributed by atoms with Gasteiger partial charge in [-0.3, -0.25) is 9.69 Å². The van der Waals surface area contributed by atoms with E-state index < -0.39 is 0 Å². The van der Waals surface area contributed by atoms with E-state index in [1.165, 1.54) is 12.8 Å². The molecule has 0 saturated heterocycles. The lowest BCUT2D eigenvalue weighted by Crippen LogP contribution is -2.32. The maximum atomic E-state index is 11.7. The Morgan fingerprint density at radius 2 is 2.20 bits per heavy atom. The summed E-state index contributed by atoms with van der Waals surface area (Å²) in [6.45, 7) is 9.93. The van der Waals surface area contributed by atoms with Gasteiger partial charge in [0.25, 0.3) is 0 Å². The molecule has 5 heteroatoms. The molecule has 2 rings (SSSR count). The first-order chi connectivity index (χ1) is 9.40. The molecule has 1 saturated carbocycles. The highest BCUT2D eigenvalue weighted by atomic mass is 32.1. The quantitative estimate of drug-likeness (QED) is 0.757. The van der Waals surface area contributed by atoms with E-state index in [1.54, 1.807) is 11.3 Å². The Morgan fingerprint density at radius 3 is 2.70 bits per heavy atom. The normalized spacial score (nSPS) is 15.7. The predicted molar refractivity (Wildman–Crippen MR) is 80.9 cm³/mol. The van der Waals surface area contributed by atoms with Crippen molar-refractivity contribution in [2.45, 2.75) is 58.5 Å². The van der Waals surface area contributed by atoms with Crippen molar-refractivity contribution in [3.63, 3.8) is 0 Å². The molecule has 0 bridgehead atoms. The molecular formula is C15H24N2O2S. The Hall–Kier alpha value is -0.940. The maximum absolute atomic E-state index is 11.7.